The molecule has 0 aromatic heterocycles. The Balaban J connectivity index is 1.86. The van der Waals surface area contributed by atoms with Crippen LogP contribution in [0.25, 0.3) is 0 Å². The van der Waals surface area contributed by atoms with E-state index in [1.807, 2.05) is 29.0 Å². The van der Waals surface area contributed by atoms with E-state index in [1.165, 1.54) is 0 Å². The maximum atomic E-state index is 12.3. The van der Waals surface area contributed by atoms with E-state index in [0.29, 0.717) is 18.6 Å². The molecule has 3 rings (SSSR count). The summed E-state index contributed by atoms with van der Waals surface area (Å²) >= 11 is 0. The highest BCUT2D eigenvalue weighted by Gasteiger charge is 2.37. The molecule has 34 heavy (non-hydrogen) atoms. The van der Waals surface area contributed by atoms with E-state index in [-0.39, 0.29) is 17.4 Å². The first-order valence-corrected chi connectivity index (χ1v) is 13.1. The zero-order valence-corrected chi connectivity index (χ0v) is 21.3. The number of anilines is 2. The summed E-state index contributed by atoms with van der Waals surface area (Å²) in [5.41, 5.74) is 2.91. The van der Waals surface area contributed by atoms with Crippen LogP contribution in [0.15, 0.2) is 42.5 Å². The van der Waals surface area contributed by atoms with Crippen LogP contribution in [-0.2, 0) is 26.0 Å². The normalized spacial score (nSPS) is 17.2. The van der Waals surface area contributed by atoms with E-state index in [4.69, 9.17) is 4.74 Å². The van der Waals surface area contributed by atoms with Gasteiger partial charge in [0.05, 0.1) is 18.9 Å². The lowest BCUT2D eigenvalue weighted by atomic mass is 9.72. The Morgan fingerprint density at radius 2 is 1.88 bits per heavy atom. The molecular formula is C25H33N3O5S. The Bertz CT molecular complexity index is 1200. The van der Waals surface area contributed by atoms with Crippen molar-refractivity contribution in [3.05, 3.63) is 59.2 Å². The van der Waals surface area contributed by atoms with Gasteiger partial charge in [0.25, 0.3) is 5.91 Å². The lowest BCUT2D eigenvalue weighted by molar-refractivity contribution is -0.147. The standard InChI is InChI=1S/C25H33N3O5S/c1-7-33-23(30)25(4,5)27-19-10-8-9-16(14-19)21-24(2,3)15-18-13-17(11-12-20(18)26-21)22(29)28-34(6,31)32/h8-14,21,26-27H,7,15H2,1-6H3,(H,28,29). The third-order valence-corrected chi connectivity index (χ3v) is 6.39. The van der Waals surface area contributed by atoms with Crippen LogP contribution in [0.5, 0.6) is 0 Å². The first-order chi connectivity index (χ1) is 15.7. The van der Waals surface area contributed by atoms with Crippen LogP contribution in [0, 0.1) is 5.41 Å². The van der Waals surface area contributed by atoms with E-state index < -0.39 is 21.5 Å². The number of hydrogen-bond donors (Lipinski definition) is 3. The number of carbonyl (C=O) groups is 2. The first-order valence-electron chi connectivity index (χ1n) is 11.2. The molecule has 9 heteroatoms. The van der Waals surface area contributed by atoms with E-state index in [0.717, 1.165) is 28.8 Å². The third-order valence-electron chi connectivity index (χ3n) is 5.84. The summed E-state index contributed by atoms with van der Waals surface area (Å²) in [5.74, 6) is -0.964. The van der Waals surface area contributed by atoms with Gasteiger partial charge in [-0.15, -0.1) is 0 Å². The second kappa shape index (κ2) is 9.29. The summed E-state index contributed by atoms with van der Waals surface area (Å²) < 4.78 is 30.0. The van der Waals surface area contributed by atoms with Crippen LogP contribution in [-0.4, -0.2) is 38.7 Å². The molecule has 3 N–H and O–H groups in total. The number of nitrogens with one attached hydrogen (secondary N) is 3. The molecule has 0 saturated heterocycles. The summed E-state index contributed by atoms with van der Waals surface area (Å²) in [6, 6.07) is 13.1. The second-order valence-electron chi connectivity index (χ2n) is 9.91. The second-order valence-corrected chi connectivity index (χ2v) is 11.7. The molecule has 0 bridgehead atoms. The molecule has 0 saturated carbocycles. The Morgan fingerprint density at radius 3 is 2.53 bits per heavy atom. The lowest BCUT2D eigenvalue weighted by Gasteiger charge is -2.41. The van der Waals surface area contributed by atoms with Crippen LogP contribution in [0.3, 0.4) is 0 Å². The Kier molecular flexibility index (Phi) is 6.98. The molecular weight excluding hydrogens is 454 g/mol. The number of rotatable bonds is 7. The maximum Gasteiger partial charge on any atom is 0.331 e. The average molecular weight is 488 g/mol. The van der Waals surface area contributed by atoms with Crippen molar-refractivity contribution < 1.29 is 22.7 Å². The molecule has 1 atom stereocenters. The van der Waals surface area contributed by atoms with Crippen LogP contribution in [0.1, 0.15) is 62.1 Å². The molecule has 1 aliphatic heterocycles. The van der Waals surface area contributed by atoms with Gasteiger partial charge in [0.15, 0.2) is 0 Å². The first kappa shape index (κ1) is 25.6. The fraction of sp³-hybridized carbons (Fsp3) is 0.440. The van der Waals surface area contributed by atoms with Crippen molar-refractivity contribution in [3.63, 3.8) is 0 Å². The summed E-state index contributed by atoms with van der Waals surface area (Å²) in [4.78, 5) is 24.6. The van der Waals surface area contributed by atoms with Crippen molar-refractivity contribution in [1.82, 2.24) is 4.72 Å². The average Bonchev–Trinajstić information content (AvgIpc) is 2.71. The van der Waals surface area contributed by atoms with Gasteiger partial charge in [0, 0.05) is 16.9 Å². The number of ether oxygens (including phenoxy) is 1. The Morgan fingerprint density at radius 1 is 1.18 bits per heavy atom. The number of hydrogen-bond acceptors (Lipinski definition) is 7. The van der Waals surface area contributed by atoms with Gasteiger partial charge in [0.2, 0.25) is 10.0 Å². The SMILES string of the molecule is CCOC(=O)C(C)(C)Nc1cccc(C2Nc3ccc(C(=O)NS(C)(=O)=O)cc3CC2(C)C)c1. The highest BCUT2D eigenvalue weighted by atomic mass is 32.2. The van der Waals surface area contributed by atoms with Crippen molar-refractivity contribution in [3.8, 4) is 0 Å². The van der Waals surface area contributed by atoms with Crippen LogP contribution < -0.4 is 15.4 Å². The Hall–Kier alpha value is -3.07. The number of amides is 1. The van der Waals surface area contributed by atoms with Gasteiger partial charge in [-0.05, 0) is 74.1 Å². The maximum absolute atomic E-state index is 12.3. The number of carbonyl (C=O) groups excluding carboxylic acids is 2. The third kappa shape index (κ3) is 5.88. The minimum atomic E-state index is -3.64. The van der Waals surface area contributed by atoms with Crippen LogP contribution in [0.4, 0.5) is 11.4 Å². The molecule has 0 fully saturated rings. The minimum absolute atomic E-state index is 0.0249. The highest BCUT2D eigenvalue weighted by Crippen LogP contribution is 2.45. The summed E-state index contributed by atoms with van der Waals surface area (Å²) in [7, 11) is -3.64. The van der Waals surface area contributed by atoms with Gasteiger partial charge >= 0.3 is 5.97 Å². The van der Waals surface area contributed by atoms with E-state index >= 15 is 0 Å². The summed E-state index contributed by atoms with van der Waals surface area (Å²) in [6.07, 6.45) is 1.64. The number of fused-ring (bicyclic) bond motifs is 1. The van der Waals surface area contributed by atoms with E-state index in [1.54, 1.807) is 39.0 Å². The van der Waals surface area contributed by atoms with Gasteiger partial charge in [-0.3, -0.25) is 4.79 Å². The summed E-state index contributed by atoms with van der Waals surface area (Å²) in [6.45, 7) is 9.95. The molecule has 1 amide bonds. The minimum Gasteiger partial charge on any atom is -0.464 e. The molecule has 184 valence electrons. The van der Waals surface area contributed by atoms with Crippen molar-refractivity contribution in [2.75, 3.05) is 23.5 Å². The quantitative estimate of drug-likeness (QED) is 0.508. The molecule has 2 aromatic rings. The van der Waals surface area contributed by atoms with Gasteiger partial charge in [-0.1, -0.05) is 26.0 Å². The smallest absolute Gasteiger partial charge is 0.331 e. The molecule has 1 aliphatic rings. The predicted molar refractivity (Wildman–Crippen MR) is 133 cm³/mol. The fourth-order valence-corrected chi connectivity index (χ4v) is 4.70. The molecule has 2 aromatic carbocycles. The topological polar surface area (TPSA) is 114 Å². The monoisotopic (exact) mass is 487 g/mol. The number of esters is 1. The van der Waals surface area contributed by atoms with Gasteiger partial charge in [-0.25, -0.2) is 17.9 Å². The molecule has 0 spiro atoms. The molecule has 0 radical (unpaired) electrons. The number of benzene rings is 2. The molecule has 0 aliphatic carbocycles. The van der Waals surface area contributed by atoms with E-state index in [2.05, 4.69) is 24.5 Å². The van der Waals surface area contributed by atoms with Crippen molar-refractivity contribution in [2.45, 2.75) is 52.6 Å². The summed E-state index contributed by atoms with van der Waals surface area (Å²) in [5, 5.41) is 6.85. The molecule has 8 nitrogen and oxygen atoms in total. The zero-order chi connectivity index (χ0) is 25.3. The van der Waals surface area contributed by atoms with E-state index in [9.17, 15) is 18.0 Å². The predicted octanol–water partition coefficient (Wildman–Crippen LogP) is 3.87. The van der Waals surface area contributed by atoms with Gasteiger partial charge < -0.3 is 15.4 Å². The lowest BCUT2D eigenvalue weighted by Crippen LogP contribution is -2.41. The number of sulfonamides is 1. The Labute approximate surface area is 201 Å². The molecule has 1 heterocycles. The largest absolute Gasteiger partial charge is 0.464 e. The zero-order valence-electron chi connectivity index (χ0n) is 20.5. The molecule has 1 unspecified atom stereocenters. The van der Waals surface area contributed by atoms with Crippen LogP contribution in [0.2, 0.25) is 0 Å². The van der Waals surface area contributed by atoms with Gasteiger partial charge in [-0.2, -0.15) is 0 Å². The van der Waals surface area contributed by atoms with Crippen LogP contribution >= 0.6 is 0 Å². The highest BCUT2D eigenvalue weighted by molar-refractivity contribution is 7.89. The van der Waals surface area contributed by atoms with Gasteiger partial charge in [0.1, 0.15) is 5.54 Å². The van der Waals surface area contributed by atoms with Crippen molar-refractivity contribution in [2.24, 2.45) is 5.41 Å². The van der Waals surface area contributed by atoms with Crippen molar-refractivity contribution >= 4 is 33.3 Å². The fourth-order valence-electron chi connectivity index (χ4n) is 4.25. The van der Waals surface area contributed by atoms with Crippen molar-refractivity contribution in [1.29, 1.82) is 0 Å².